The van der Waals surface area contributed by atoms with Gasteiger partial charge in [-0.25, -0.2) is 4.68 Å². The molecule has 3 aromatic rings. The maximum absolute atomic E-state index is 12.1. The van der Waals surface area contributed by atoms with Crippen molar-refractivity contribution in [3.63, 3.8) is 0 Å². The van der Waals surface area contributed by atoms with Gasteiger partial charge in [0, 0.05) is 10.9 Å². The van der Waals surface area contributed by atoms with Crippen molar-refractivity contribution in [2.24, 2.45) is 0 Å². The summed E-state index contributed by atoms with van der Waals surface area (Å²) in [6, 6.07) is 9.45. The third kappa shape index (κ3) is 3.75. The van der Waals surface area contributed by atoms with Crippen LogP contribution in [0.15, 0.2) is 47.3 Å². The number of amides is 1. The highest BCUT2D eigenvalue weighted by molar-refractivity contribution is 7.08. The standard InChI is InChI=1S/C16H16N4O2S/c1-22-15-5-3-2-4-12(15)8-16(21)17-9-13-10-20(19-18-13)14-6-7-23-11-14/h2-7,10-11H,8-9H2,1H3,(H,17,21). The molecular formula is C16H16N4O2S. The number of methoxy groups -OCH3 is 1. The molecule has 1 amide bonds. The minimum Gasteiger partial charge on any atom is -0.496 e. The van der Waals surface area contributed by atoms with E-state index in [1.54, 1.807) is 23.1 Å². The van der Waals surface area contributed by atoms with Gasteiger partial charge in [-0.3, -0.25) is 4.79 Å². The van der Waals surface area contributed by atoms with Crippen LogP contribution in [0.5, 0.6) is 5.75 Å². The fourth-order valence-corrected chi connectivity index (χ4v) is 2.79. The molecule has 0 aliphatic carbocycles. The summed E-state index contributed by atoms with van der Waals surface area (Å²) in [5.74, 6) is 0.630. The van der Waals surface area contributed by atoms with Crippen molar-refractivity contribution in [1.29, 1.82) is 0 Å². The Bertz CT molecular complexity index is 783. The van der Waals surface area contributed by atoms with Gasteiger partial charge in [-0.2, -0.15) is 11.3 Å². The Morgan fingerprint density at radius 3 is 3.00 bits per heavy atom. The Morgan fingerprint density at radius 2 is 2.22 bits per heavy atom. The van der Waals surface area contributed by atoms with Gasteiger partial charge in [0.15, 0.2) is 0 Å². The molecule has 3 rings (SSSR count). The number of hydrogen-bond acceptors (Lipinski definition) is 5. The predicted molar refractivity (Wildman–Crippen MR) is 87.8 cm³/mol. The van der Waals surface area contributed by atoms with E-state index >= 15 is 0 Å². The van der Waals surface area contributed by atoms with Crippen LogP contribution in [-0.4, -0.2) is 28.0 Å². The highest BCUT2D eigenvalue weighted by Gasteiger charge is 2.09. The van der Waals surface area contributed by atoms with Crippen LogP contribution in [0.2, 0.25) is 0 Å². The van der Waals surface area contributed by atoms with E-state index in [4.69, 9.17) is 4.74 Å². The fraction of sp³-hybridized carbons (Fsp3) is 0.188. The molecule has 0 saturated heterocycles. The van der Waals surface area contributed by atoms with Gasteiger partial charge >= 0.3 is 0 Å². The molecule has 7 heteroatoms. The lowest BCUT2D eigenvalue weighted by Gasteiger charge is -2.08. The maximum atomic E-state index is 12.1. The number of hydrogen-bond donors (Lipinski definition) is 1. The number of rotatable bonds is 6. The van der Waals surface area contributed by atoms with Crippen LogP contribution in [0.3, 0.4) is 0 Å². The highest BCUT2D eigenvalue weighted by Crippen LogP contribution is 2.17. The van der Waals surface area contributed by atoms with Crippen molar-refractivity contribution in [3.8, 4) is 11.4 Å². The lowest BCUT2D eigenvalue weighted by molar-refractivity contribution is -0.120. The van der Waals surface area contributed by atoms with E-state index in [2.05, 4.69) is 15.6 Å². The third-order valence-corrected chi connectivity index (χ3v) is 3.99. The first-order valence-electron chi connectivity index (χ1n) is 7.08. The summed E-state index contributed by atoms with van der Waals surface area (Å²) in [6.45, 7) is 0.345. The minimum atomic E-state index is -0.0837. The smallest absolute Gasteiger partial charge is 0.224 e. The quantitative estimate of drug-likeness (QED) is 0.753. The molecule has 0 unspecified atom stereocenters. The number of nitrogens with one attached hydrogen (secondary N) is 1. The van der Waals surface area contributed by atoms with E-state index < -0.39 is 0 Å². The molecular weight excluding hydrogens is 312 g/mol. The van der Waals surface area contributed by atoms with Crippen molar-refractivity contribution < 1.29 is 9.53 Å². The van der Waals surface area contributed by atoms with Crippen LogP contribution in [0.1, 0.15) is 11.3 Å². The number of ether oxygens (including phenoxy) is 1. The maximum Gasteiger partial charge on any atom is 0.224 e. The van der Waals surface area contributed by atoms with Crippen molar-refractivity contribution >= 4 is 17.2 Å². The van der Waals surface area contributed by atoms with Crippen LogP contribution in [0.4, 0.5) is 0 Å². The lowest BCUT2D eigenvalue weighted by Crippen LogP contribution is -2.24. The van der Waals surface area contributed by atoms with Gasteiger partial charge in [0.05, 0.1) is 32.0 Å². The first kappa shape index (κ1) is 15.2. The first-order valence-corrected chi connectivity index (χ1v) is 8.03. The number of carbonyl (C=O) groups excluding carboxylic acids is 1. The zero-order chi connectivity index (χ0) is 16.1. The van der Waals surface area contributed by atoms with Crippen molar-refractivity contribution in [3.05, 3.63) is 58.5 Å². The summed E-state index contributed by atoms with van der Waals surface area (Å²) in [5, 5.41) is 14.9. The average Bonchev–Trinajstić information content (AvgIpc) is 3.24. The number of benzene rings is 1. The van der Waals surface area contributed by atoms with Gasteiger partial charge in [-0.1, -0.05) is 23.4 Å². The summed E-state index contributed by atoms with van der Waals surface area (Å²) in [5.41, 5.74) is 2.54. The van der Waals surface area contributed by atoms with Crippen molar-refractivity contribution in [2.45, 2.75) is 13.0 Å². The van der Waals surface area contributed by atoms with Gasteiger partial charge in [0.25, 0.3) is 0 Å². The van der Waals surface area contributed by atoms with Gasteiger partial charge in [0.2, 0.25) is 5.91 Å². The van der Waals surface area contributed by atoms with Crippen molar-refractivity contribution in [2.75, 3.05) is 7.11 Å². The molecule has 2 heterocycles. The molecule has 2 aromatic heterocycles. The fourth-order valence-electron chi connectivity index (χ4n) is 2.17. The van der Waals surface area contributed by atoms with E-state index in [-0.39, 0.29) is 12.3 Å². The Morgan fingerprint density at radius 1 is 1.35 bits per heavy atom. The Kier molecular flexibility index (Phi) is 4.68. The molecule has 1 N–H and O–H groups in total. The first-order chi connectivity index (χ1) is 11.3. The van der Waals surface area contributed by atoms with Crippen molar-refractivity contribution in [1.82, 2.24) is 20.3 Å². The van der Waals surface area contributed by atoms with Crippen LogP contribution < -0.4 is 10.1 Å². The number of nitrogens with zero attached hydrogens (tertiary/aromatic N) is 3. The van der Waals surface area contributed by atoms with E-state index in [0.29, 0.717) is 18.0 Å². The minimum absolute atomic E-state index is 0.0837. The molecule has 6 nitrogen and oxygen atoms in total. The Labute approximate surface area is 137 Å². The second-order valence-corrected chi connectivity index (χ2v) is 5.68. The summed E-state index contributed by atoms with van der Waals surface area (Å²) in [6.07, 6.45) is 2.08. The second kappa shape index (κ2) is 7.06. The Balaban J connectivity index is 1.57. The van der Waals surface area contributed by atoms with Crippen LogP contribution in [-0.2, 0) is 17.8 Å². The van der Waals surface area contributed by atoms with E-state index in [1.165, 1.54) is 0 Å². The molecule has 0 fully saturated rings. The lowest BCUT2D eigenvalue weighted by atomic mass is 10.1. The highest BCUT2D eigenvalue weighted by atomic mass is 32.1. The molecule has 0 spiro atoms. The van der Waals surface area contributed by atoms with Gasteiger partial charge < -0.3 is 10.1 Å². The summed E-state index contributed by atoms with van der Waals surface area (Å²) >= 11 is 1.60. The molecule has 0 radical (unpaired) electrons. The second-order valence-electron chi connectivity index (χ2n) is 4.90. The molecule has 0 aliphatic heterocycles. The molecule has 0 atom stereocenters. The SMILES string of the molecule is COc1ccccc1CC(=O)NCc1cn(-c2ccsc2)nn1. The Hall–Kier alpha value is -2.67. The van der Waals surface area contributed by atoms with Gasteiger partial charge in [-0.05, 0) is 17.5 Å². The van der Waals surface area contributed by atoms with Crippen LogP contribution in [0.25, 0.3) is 5.69 Å². The zero-order valence-electron chi connectivity index (χ0n) is 12.6. The molecule has 118 valence electrons. The normalized spacial score (nSPS) is 10.5. The largest absolute Gasteiger partial charge is 0.496 e. The van der Waals surface area contributed by atoms with E-state index in [1.807, 2.05) is 47.3 Å². The molecule has 1 aromatic carbocycles. The van der Waals surface area contributed by atoms with Gasteiger partial charge in [0.1, 0.15) is 11.4 Å². The van der Waals surface area contributed by atoms with E-state index in [0.717, 1.165) is 11.3 Å². The summed E-state index contributed by atoms with van der Waals surface area (Å²) in [4.78, 5) is 12.1. The van der Waals surface area contributed by atoms with Crippen LogP contribution >= 0.6 is 11.3 Å². The van der Waals surface area contributed by atoms with Gasteiger partial charge in [-0.15, -0.1) is 5.10 Å². The zero-order valence-corrected chi connectivity index (χ0v) is 13.4. The predicted octanol–water partition coefficient (Wildman–Crippen LogP) is 2.20. The number of aromatic nitrogens is 3. The molecule has 0 saturated carbocycles. The number of thiophene rings is 1. The average molecular weight is 328 g/mol. The monoisotopic (exact) mass is 328 g/mol. The molecule has 0 aliphatic rings. The summed E-state index contributed by atoms with van der Waals surface area (Å²) in [7, 11) is 1.60. The topological polar surface area (TPSA) is 69.0 Å². The summed E-state index contributed by atoms with van der Waals surface area (Å²) < 4.78 is 6.94. The molecule has 23 heavy (non-hydrogen) atoms. The van der Waals surface area contributed by atoms with E-state index in [9.17, 15) is 4.79 Å². The number of para-hydroxylation sites is 1. The number of carbonyl (C=O) groups is 1. The third-order valence-electron chi connectivity index (χ3n) is 3.32. The molecule has 0 bridgehead atoms. The van der Waals surface area contributed by atoms with Crippen LogP contribution in [0, 0.1) is 0 Å².